The van der Waals surface area contributed by atoms with Crippen molar-refractivity contribution in [2.24, 2.45) is 4.99 Å². The van der Waals surface area contributed by atoms with Gasteiger partial charge in [-0.1, -0.05) is 55.9 Å². The van der Waals surface area contributed by atoms with Crippen molar-refractivity contribution in [3.8, 4) is 0 Å². The molecular weight excluding hydrogens is 266 g/mol. The van der Waals surface area contributed by atoms with Crippen molar-refractivity contribution in [1.29, 1.82) is 0 Å². The van der Waals surface area contributed by atoms with Crippen LogP contribution in [0.1, 0.15) is 31.9 Å². The second-order valence-corrected chi connectivity index (χ2v) is 6.05. The van der Waals surface area contributed by atoms with Gasteiger partial charge in [-0.05, 0) is 25.1 Å². The Morgan fingerprint density at radius 3 is 2.75 bits per heavy atom. The van der Waals surface area contributed by atoms with Crippen LogP contribution in [0.2, 0.25) is 0 Å². The zero-order valence-electron chi connectivity index (χ0n) is 12.5. The molecule has 20 heavy (non-hydrogen) atoms. The van der Waals surface area contributed by atoms with Crippen molar-refractivity contribution in [3.63, 3.8) is 0 Å². The van der Waals surface area contributed by atoms with Gasteiger partial charge in [-0.15, -0.1) is 0 Å². The molecule has 1 aliphatic heterocycles. The monoisotopic (exact) mass is 291 g/mol. The molecule has 1 N–H and O–H groups in total. The van der Waals surface area contributed by atoms with E-state index in [-0.39, 0.29) is 0 Å². The molecule has 4 heteroatoms. The van der Waals surface area contributed by atoms with E-state index in [0.717, 1.165) is 30.6 Å². The molecule has 0 aliphatic carbocycles. The number of likely N-dealkylation sites (N-methyl/N-ethyl adjacent to an activating group) is 1. The Kier molecular flexibility index (Phi) is 6.40. The van der Waals surface area contributed by atoms with E-state index in [1.54, 1.807) is 0 Å². The number of hydrogen-bond acceptors (Lipinski definition) is 3. The Labute approximate surface area is 126 Å². The van der Waals surface area contributed by atoms with Crippen LogP contribution >= 0.6 is 11.8 Å². The highest BCUT2D eigenvalue weighted by atomic mass is 32.2. The Balaban J connectivity index is 1.79. The predicted octanol–water partition coefficient (Wildman–Crippen LogP) is 3.15. The molecule has 0 spiro atoms. The standard InChI is InChI=1S/C16H25N3S/c1-3-11-19(4-2)12-10-17-16-18-15(13-20-16)14-8-6-5-7-9-14/h5-9,15H,3-4,10-13H2,1-2H3,(H,17,18). The van der Waals surface area contributed by atoms with Crippen molar-refractivity contribution in [2.75, 3.05) is 31.9 Å². The zero-order chi connectivity index (χ0) is 14.2. The van der Waals surface area contributed by atoms with Gasteiger partial charge < -0.3 is 10.2 Å². The summed E-state index contributed by atoms with van der Waals surface area (Å²) in [4.78, 5) is 7.15. The number of thioether (sulfide) groups is 1. The first-order valence-corrected chi connectivity index (χ1v) is 8.53. The summed E-state index contributed by atoms with van der Waals surface area (Å²) in [5, 5.41) is 4.63. The zero-order valence-corrected chi connectivity index (χ0v) is 13.3. The Hall–Kier alpha value is -1.00. The van der Waals surface area contributed by atoms with Gasteiger partial charge in [0, 0.05) is 12.3 Å². The van der Waals surface area contributed by atoms with E-state index in [9.17, 15) is 0 Å². The number of nitrogens with one attached hydrogen (secondary N) is 1. The van der Waals surface area contributed by atoms with Crippen molar-refractivity contribution < 1.29 is 0 Å². The fourth-order valence-corrected chi connectivity index (χ4v) is 3.40. The summed E-state index contributed by atoms with van der Waals surface area (Å²) in [7, 11) is 0. The molecule has 1 fully saturated rings. The predicted molar refractivity (Wildman–Crippen MR) is 89.5 cm³/mol. The molecule has 1 heterocycles. The maximum Gasteiger partial charge on any atom is 0.157 e. The van der Waals surface area contributed by atoms with Gasteiger partial charge in [-0.3, -0.25) is 4.99 Å². The third-order valence-electron chi connectivity index (χ3n) is 3.55. The van der Waals surface area contributed by atoms with Gasteiger partial charge >= 0.3 is 0 Å². The van der Waals surface area contributed by atoms with Crippen LogP contribution in [0, 0.1) is 0 Å². The Morgan fingerprint density at radius 1 is 1.25 bits per heavy atom. The summed E-state index contributed by atoms with van der Waals surface area (Å²) in [6.45, 7) is 8.70. The summed E-state index contributed by atoms with van der Waals surface area (Å²) >= 11 is 1.84. The molecule has 0 bridgehead atoms. The van der Waals surface area contributed by atoms with Gasteiger partial charge in [-0.2, -0.15) is 0 Å². The average Bonchev–Trinajstić information content (AvgIpc) is 2.96. The first-order valence-electron chi connectivity index (χ1n) is 7.54. The smallest absolute Gasteiger partial charge is 0.157 e. The second-order valence-electron chi connectivity index (χ2n) is 5.04. The van der Waals surface area contributed by atoms with E-state index in [1.807, 2.05) is 11.8 Å². The van der Waals surface area contributed by atoms with E-state index >= 15 is 0 Å². The molecule has 1 atom stereocenters. The number of amidine groups is 1. The molecule has 0 amide bonds. The summed E-state index contributed by atoms with van der Waals surface area (Å²) in [5.41, 5.74) is 1.35. The van der Waals surface area contributed by atoms with Crippen LogP contribution in [0.3, 0.4) is 0 Å². The maximum absolute atomic E-state index is 4.70. The third kappa shape index (κ3) is 4.53. The summed E-state index contributed by atoms with van der Waals surface area (Å²) < 4.78 is 0. The first-order chi connectivity index (χ1) is 9.83. The van der Waals surface area contributed by atoms with Crippen LogP contribution in [0.25, 0.3) is 0 Å². The van der Waals surface area contributed by atoms with E-state index in [1.165, 1.54) is 18.5 Å². The van der Waals surface area contributed by atoms with Crippen molar-refractivity contribution in [1.82, 2.24) is 10.2 Å². The number of rotatable bonds is 7. The summed E-state index contributed by atoms with van der Waals surface area (Å²) in [6, 6.07) is 11.0. The largest absolute Gasteiger partial charge is 0.357 e. The Bertz CT molecular complexity index is 419. The highest BCUT2D eigenvalue weighted by Gasteiger charge is 2.21. The number of hydrogen-bond donors (Lipinski definition) is 1. The molecule has 1 aliphatic rings. The van der Waals surface area contributed by atoms with E-state index in [0.29, 0.717) is 6.04 Å². The third-order valence-corrected chi connectivity index (χ3v) is 4.57. The number of benzene rings is 1. The molecule has 110 valence electrons. The van der Waals surface area contributed by atoms with Gasteiger partial charge in [0.25, 0.3) is 0 Å². The minimum atomic E-state index is 0.415. The minimum Gasteiger partial charge on any atom is -0.357 e. The lowest BCUT2D eigenvalue weighted by atomic mass is 10.1. The molecule has 0 aromatic heterocycles. The lowest BCUT2D eigenvalue weighted by Crippen LogP contribution is -2.27. The highest BCUT2D eigenvalue weighted by molar-refractivity contribution is 8.14. The normalized spacial score (nSPS) is 20.6. The van der Waals surface area contributed by atoms with Crippen LogP contribution in [-0.4, -0.2) is 42.0 Å². The van der Waals surface area contributed by atoms with Gasteiger partial charge in [0.1, 0.15) is 0 Å². The van der Waals surface area contributed by atoms with Gasteiger partial charge in [-0.25, -0.2) is 0 Å². The average molecular weight is 291 g/mol. The molecule has 1 unspecified atom stereocenters. The van der Waals surface area contributed by atoms with E-state index in [2.05, 4.69) is 54.4 Å². The molecule has 0 saturated carbocycles. The second kappa shape index (κ2) is 8.32. The molecule has 1 saturated heterocycles. The van der Waals surface area contributed by atoms with Crippen LogP contribution in [0.4, 0.5) is 0 Å². The molecular formula is C16H25N3S. The first kappa shape index (κ1) is 15.4. The molecule has 0 radical (unpaired) electrons. The van der Waals surface area contributed by atoms with Crippen molar-refractivity contribution in [3.05, 3.63) is 35.9 Å². The summed E-state index contributed by atoms with van der Waals surface area (Å²) in [5.74, 6) is 1.08. The van der Waals surface area contributed by atoms with E-state index < -0.39 is 0 Å². The Morgan fingerprint density at radius 2 is 2.05 bits per heavy atom. The van der Waals surface area contributed by atoms with Crippen molar-refractivity contribution in [2.45, 2.75) is 26.3 Å². The van der Waals surface area contributed by atoms with Crippen molar-refractivity contribution >= 4 is 16.9 Å². The number of aliphatic imine (C=N–C) groups is 1. The lowest BCUT2D eigenvalue weighted by molar-refractivity contribution is 0.297. The maximum atomic E-state index is 4.70. The molecule has 1 aromatic carbocycles. The lowest BCUT2D eigenvalue weighted by Gasteiger charge is -2.18. The SMILES string of the molecule is CCCN(CC)CCN=C1NC(c2ccccc2)CS1. The molecule has 2 rings (SSSR count). The molecule has 3 nitrogen and oxygen atoms in total. The van der Waals surface area contributed by atoms with Crippen LogP contribution in [-0.2, 0) is 0 Å². The topological polar surface area (TPSA) is 27.6 Å². The molecule has 1 aromatic rings. The van der Waals surface area contributed by atoms with Gasteiger partial charge in [0.05, 0.1) is 12.6 Å². The number of nitrogens with zero attached hydrogens (tertiary/aromatic N) is 2. The van der Waals surface area contributed by atoms with Gasteiger partial charge in [0.15, 0.2) is 5.17 Å². The fraction of sp³-hybridized carbons (Fsp3) is 0.562. The van der Waals surface area contributed by atoms with Gasteiger partial charge in [0.2, 0.25) is 0 Å². The highest BCUT2D eigenvalue weighted by Crippen LogP contribution is 2.25. The van der Waals surface area contributed by atoms with Crippen LogP contribution in [0.15, 0.2) is 35.3 Å². The fourth-order valence-electron chi connectivity index (χ4n) is 2.39. The summed E-state index contributed by atoms with van der Waals surface area (Å²) in [6.07, 6.45) is 1.22. The van der Waals surface area contributed by atoms with Crippen LogP contribution < -0.4 is 5.32 Å². The van der Waals surface area contributed by atoms with E-state index in [4.69, 9.17) is 4.99 Å². The minimum absolute atomic E-state index is 0.415. The van der Waals surface area contributed by atoms with Crippen LogP contribution in [0.5, 0.6) is 0 Å². The quantitative estimate of drug-likeness (QED) is 0.836.